The Hall–Kier alpha value is -6.04. The van der Waals surface area contributed by atoms with Gasteiger partial charge in [-0.1, -0.05) is 0 Å². The molecule has 0 aliphatic heterocycles. The minimum absolute atomic E-state index is 0.0434. The number of phenols is 2. The van der Waals surface area contributed by atoms with Gasteiger partial charge in [-0.15, -0.1) is 0 Å². The van der Waals surface area contributed by atoms with Gasteiger partial charge in [0.2, 0.25) is 23.1 Å². The zero-order chi connectivity index (χ0) is 33.7. The van der Waals surface area contributed by atoms with Gasteiger partial charge >= 0.3 is 0 Å². The van der Waals surface area contributed by atoms with Gasteiger partial charge in [0.15, 0.2) is 46.0 Å². The van der Waals surface area contributed by atoms with Gasteiger partial charge < -0.3 is 38.6 Å². The molecule has 0 saturated carbocycles. The number of phenolic OH excluding ortho intramolecular Hbond substituents is 2. The molecule has 4 aromatic rings. The Morgan fingerprint density at radius 2 is 0.739 bits per heavy atom. The Morgan fingerprint density at radius 1 is 0.413 bits per heavy atom. The topological polar surface area (TPSA) is 164 Å². The lowest BCUT2D eigenvalue weighted by atomic mass is 9.87. The third-order valence-electron chi connectivity index (χ3n) is 7.12. The molecule has 0 saturated heterocycles. The van der Waals surface area contributed by atoms with Crippen LogP contribution in [0.4, 0.5) is 0 Å². The molecule has 2 N–H and O–H groups in total. The molecule has 0 spiro atoms. The quantitative estimate of drug-likeness (QED) is 0.151. The Labute approximate surface area is 263 Å². The molecule has 0 unspecified atom stereocenters. The van der Waals surface area contributed by atoms with E-state index in [0.717, 1.165) is 24.3 Å². The molecule has 0 amide bonds. The molecular weight excluding hydrogens is 600 g/mol. The third kappa shape index (κ3) is 6.13. The molecule has 4 rings (SSSR count). The van der Waals surface area contributed by atoms with Crippen molar-refractivity contribution < 1.29 is 57.8 Å². The van der Waals surface area contributed by atoms with Crippen LogP contribution in [0.3, 0.4) is 0 Å². The first-order chi connectivity index (χ1) is 22.0. The summed E-state index contributed by atoms with van der Waals surface area (Å²) in [5.74, 6) is -4.20. The van der Waals surface area contributed by atoms with Crippen LogP contribution < -0.4 is 28.4 Å². The summed E-state index contributed by atoms with van der Waals surface area (Å²) in [5, 5.41) is 21.4. The normalized spacial score (nSPS) is 10.5. The summed E-state index contributed by atoms with van der Waals surface area (Å²) in [6, 6.07) is 12.7. The van der Waals surface area contributed by atoms with Crippen molar-refractivity contribution in [1.29, 1.82) is 0 Å². The molecule has 4 aromatic carbocycles. The number of hydrogen-bond acceptors (Lipinski definition) is 12. The van der Waals surface area contributed by atoms with E-state index in [1.165, 1.54) is 79.1 Å². The summed E-state index contributed by atoms with van der Waals surface area (Å²) >= 11 is 0. The summed E-state index contributed by atoms with van der Waals surface area (Å²) in [6.45, 7) is 0. The van der Waals surface area contributed by atoms with E-state index >= 15 is 0 Å². The lowest BCUT2D eigenvalue weighted by Gasteiger charge is -2.17. The van der Waals surface area contributed by atoms with E-state index in [1.54, 1.807) is 0 Å². The average Bonchev–Trinajstić information content (AvgIpc) is 3.09. The molecule has 0 aromatic heterocycles. The molecule has 12 heteroatoms. The van der Waals surface area contributed by atoms with Crippen LogP contribution in [0.25, 0.3) is 11.1 Å². The van der Waals surface area contributed by atoms with E-state index in [9.17, 15) is 29.4 Å². The van der Waals surface area contributed by atoms with Crippen molar-refractivity contribution in [2.45, 2.75) is 0 Å². The minimum atomic E-state index is -1.06. The second-order valence-electron chi connectivity index (χ2n) is 9.60. The van der Waals surface area contributed by atoms with E-state index in [-0.39, 0.29) is 56.4 Å². The van der Waals surface area contributed by atoms with Crippen LogP contribution in [0.2, 0.25) is 0 Å². The van der Waals surface area contributed by atoms with E-state index in [2.05, 4.69) is 0 Å². The predicted molar refractivity (Wildman–Crippen MR) is 165 cm³/mol. The third-order valence-corrected chi connectivity index (χ3v) is 7.12. The van der Waals surface area contributed by atoms with Crippen LogP contribution in [0.1, 0.15) is 41.4 Å². The van der Waals surface area contributed by atoms with Crippen LogP contribution in [0.5, 0.6) is 46.0 Å². The summed E-state index contributed by atoms with van der Waals surface area (Å²) in [5.41, 5.74) is -0.994. The maximum absolute atomic E-state index is 13.8. The van der Waals surface area contributed by atoms with Gasteiger partial charge in [-0.2, -0.15) is 0 Å². The maximum Gasteiger partial charge on any atom is 0.234 e. The Bertz CT molecular complexity index is 1720. The minimum Gasteiger partial charge on any atom is -0.504 e. The largest absolute Gasteiger partial charge is 0.504 e. The number of carbonyl (C=O) groups excluding carboxylic acids is 4. The number of rotatable bonds is 13. The maximum atomic E-state index is 13.8. The first-order valence-electron chi connectivity index (χ1n) is 13.5. The van der Waals surface area contributed by atoms with E-state index < -0.39 is 34.6 Å². The van der Waals surface area contributed by atoms with Crippen molar-refractivity contribution in [2.75, 3.05) is 42.7 Å². The van der Waals surface area contributed by atoms with Crippen LogP contribution in [-0.2, 0) is 0 Å². The van der Waals surface area contributed by atoms with Crippen LogP contribution in [-0.4, -0.2) is 76.0 Å². The lowest BCUT2D eigenvalue weighted by Crippen LogP contribution is -2.18. The van der Waals surface area contributed by atoms with Gasteiger partial charge in [0.25, 0.3) is 0 Å². The van der Waals surface area contributed by atoms with Gasteiger partial charge in [-0.25, -0.2) is 0 Å². The zero-order valence-electron chi connectivity index (χ0n) is 25.8. The highest BCUT2D eigenvalue weighted by Crippen LogP contribution is 2.42. The summed E-state index contributed by atoms with van der Waals surface area (Å²) in [6.07, 6.45) is 0. The van der Waals surface area contributed by atoms with Gasteiger partial charge in [0, 0.05) is 22.3 Å². The second-order valence-corrected chi connectivity index (χ2v) is 9.60. The highest BCUT2D eigenvalue weighted by atomic mass is 16.5. The molecule has 12 nitrogen and oxygen atoms in total. The summed E-state index contributed by atoms with van der Waals surface area (Å²) < 4.78 is 31.3. The van der Waals surface area contributed by atoms with Crippen molar-refractivity contribution in [3.05, 3.63) is 82.9 Å². The van der Waals surface area contributed by atoms with Crippen LogP contribution in [0.15, 0.2) is 60.7 Å². The van der Waals surface area contributed by atoms with Crippen molar-refractivity contribution in [3.63, 3.8) is 0 Å². The van der Waals surface area contributed by atoms with Crippen molar-refractivity contribution in [2.24, 2.45) is 0 Å². The molecule has 0 bridgehead atoms. The van der Waals surface area contributed by atoms with Gasteiger partial charge in [0.1, 0.15) is 0 Å². The fraction of sp³-hybridized carbons (Fsp3) is 0.176. The van der Waals surface area contributed by atoms with Crippen LogP contribution >= 0.6 is 0 Å². The first kappa shape index (κ1) is 32.9. The highest BCUT2D eigenvalue weighted by molar-refractivity contribution is 6.52. The van der Waals surface area contributed by atoms with Crippen molar-refractivity contribution in [3.8, 4) is 57.1 Å². The number of benzene rings is 4. The van der Waals surface area contributed by atoms with Crippen molar-refractivity contribution in [1.82, 2.24) is 0 Å². The molecule has 0 atom stereocenters. The molecule has 238 valence electrons. The Kier molecular flexibility index (Phi) is 9.80. The monoisotopic (exact) mass is 630 g/mol. The summed E-state index contributed by atoms with van der Waals surface area (Å²) in [7, 11) is 8.06. The zero-order valence-corrected chi connectivity index (χ0v) is 25.8. The molecule has 0 aliphatic carbocycles. The second kappa shape index (κ2) is 13.7. The number of methoxy groups -OCH3 is 6. The highest BCUT2D eigenvalue weighted by Gasteiger charge is 2.30. The van der Waals surface area contributed by atoms with Gasteiger partial charge in [-0.05, 0) is 71.8 Å². The average molecular weight is 631 g/mol. The van der Waals surface area contributed by atoms with E-state index in [4.69, 9.17) is 28.4 Å². The summed E-state index contributed by atoms with van der Waals surface area (Å²) in [4.78, 5) is 54.7. The fourth-order valence-electron chi connectivity index (χ4n) is 4.75. The molecule has 0 aliphatic rings. The number of Topliss-reactive ketones (excluding diaryl/α,β-unsaturated/α-hetero) is 4. The van der Waals surface area contributed by atoms with Crippen LogP contribution in [0, 0.1) is 0 Å². The van der Waals surface area contributed by atoms with Gasteiger partial charge in [0.05, 0.1) is 42.7 Å². The fourth-order valence-corrected chi connectivity index (χ4v) is 4.75. The SMILES string of the molecule is COc1cc(C(=O)C(=O)c2ccc(OC)c(OC)c2)c(-c2cc(O)c(OC)cc2C(=O)C(=O)c2ccc(OC)c(OC)c2)cc1O. The molecular formula is C34H30O12. The predicted octanol–water partition coefficient (Wildman–Crippen LogP) is 4.95. The number of carbonyl (C=O) groups is 4. The Balaban J connectivity index is 1.92. The molecule has 0 heterocycles. The number of aromatic hydroxyl groups is 2. The van der Waals surface area contributed by atoms with E-state index in [0.29, 0.717) is 11.5 Å². The standard InChI is InChI=1S/C34H30O12/c1-41-25-9-7-17(11-29(25)45-5)31(37)33(39)21-15-27(43-3)23(35)13-19(21)20-14-24(36)28(44-4)16-22(20)34(40)32(38)18-8-10-26(42-2)30(12-18)46-6/h7-16,35-36H,1-6H3. The Morgan fingerprint density at radius 3 is 1.04 bits per heavy atom. The van der Waals surface area contributed by atoms with Crippen molar-refractivity contribution >= 4 is 23.1 Å². The number of ketones is 4. The smallest absolute Gasteiger partial charge is 0.234 e. The molecule has 0 fully saturated rings. The molecule has 0 radical (unpaired) electrons. The number of hydrogen-bond donors (Lipinski definition) is 2. The van der Waals surface area contributed by atoms with E-state index in [1.807, 2.05) is 0 Å². The lowest BCUT2D eigenvalue weighted by molar-refractivity contribution is 0.0815. The first-order valence-corrected chi connectivity index (χ1v) is 13.5. The van der Waals surface area contributed by atoms with Gasteiger partial charge in [-0.3, -0.25) is 19.2 Å². The number of ether oxygens (including phenoxy) is 6. The molecule has 46 heavy (non-hydrogen) atoms.